The van der Waals surface area contributed by atoms with Crippen LogP contribution in [0.15, 0.2) is 22.7 Å². The molecule has 0 unspecified atom stereocenters. The van der Waals surface area contributed by atoms with Gasteiger partial charge in [-0.1, -0.05) is 48.3 Å². The average molecular weight is 320 g/mol. The van der Waals surface area contributed by atoms with Gasteiger partial charge in [-0.2, -0.15) is 0 Å². The predicted molar refractivity (Wildman–Crippen MR) is 74.0 cm³/mol. The molecule has 0 aliphatic heterocycles. The smallest absolute Gasteiger partial charge is 0.230 e. The molecule has 16 heavy (non-hydrogen) atoms. The van der Waals surface area contributed by atoms with Gasteiger partial charge in [-0.25, -0.2) is 0 Å². The normalized spacial score (nSPS) is 11.8. The fourth-order valence-corrected chi connectivity index (χ4v) is 2.42. The lowest BCUT2D eigenvalue weighted by Crippen LogP contribution is -2.11. The molecule has 0 saturated heterocycles. The van der Waals surface area contributed by atoms with E-state index in [1.165, 1.54) is 0 Å². The molecule has 0 spiro atoms. The predicted octanol–water partition coefficient (Wildman–Crippen LogP) is 4.70. The second-order valence-corrected chi connectivity index (χ2v) is 7.16. The highest BCUT2D eigenvalue weighted by atomic mass is 79.9. The van der Waals surface area contributed by atoms with Crippen molar-refractivity contribution in [3.63, 3.8) is 0 Å². The molecule has 2 radical (unpaired) electrons. The van der Waals surface area contributed by atoms with Crippen LogP contribution in [0, 0.1) is 5.41 Å². The molecule has 1 rings (SSSR count). The van der Waals surface area contributed by atoms with Crippen LogP contribution in [0.2, 0.25) is 11.1 Å². The molecule has 0 heterocycles. The van der Waals surface area contributed by atoms with Gasteiger partial charge in [0.2, 0.25) is 9.76 Å². The first kappa shape index (κ1) is 14.2. The average Bonchev–Trinajstić information content (AvgIpc) is 2.16. The molecule has 0 aromatic heterocycles. The lowest BCUT2D eigenvalue weighted by atomic mass is 10.0. The first-order valence-electron chi connectivity index (χ1n) is 5.17. The molecule has 88 valence electrons. The van der Waals surface area contributed by atoms with E-state index < -0.39 is 0 Å². The number of hydrogen-bond donors (Lipinski definition) is 0. The molecule has 0 saturated carbocycles. The number of rotatable bonds is 4. The van der Waals surface area contributed by atoms with Gasteiger partial charge in [0.25, 0.3) is 0 Å². The maximum atomic E-state index is 6.07. The second kappa shape index (κ2) is 6.19. The first-order chi connectivity index (χ1) is 7.38. The molecule has 1 aromatic carbocycles. The first-order valence-corrected chi connectivity index (χ1v) is 7.46. The monoisotopic (exact) mass is 318 g/mol. The van der Waals surface area contributed by atoms with Crippen molar-refractivity contribution < 1.29 is 4.43 Å². The van der Waals surface area contributed by atoms with Gasteiger partial charge in [-0.3, -0.25) is 0 Å². The Hall–Kier alpha value is 0.167. The summed E-state index contributed by atoms with van der Waals surface area (Å²) in [4.78, 5) is 0. The highest BCUT2D eigenvalue weighted by molar-refractivity contribution is 9.10. The number of hydrogen-bond acceptors (Lipinski definition) is 1. The molecule has 1 nitrogen and oxygen atoms in total. The molecular weight excluding hydrogens is 304 g/mol. The largest absolute Gasteiger partial charge is 0.413 e. The Morgan fingerprint density at radius 1 is 1.38 bits per heavy atom. The van der Waals surface area contributed by atoms with E-state index in [0.717, 1.165) is 21.1 Å². The number of halogens is 2. The van der Waals surface area contributed by atoms with Gasteiger partial charge in [-0.05, 0) is 35.2 Å². The van der Waals surface area contributed by atoms with E-state index in [2.05, 4.69) is 36.7 Å². The lowest BCUT2D eigenvalue weighted by Gasteiger charge is -2.16. The summed E-state index contributed by atoms with van der Waals surface area (Å²) in [7, 11) is 0.528. The van der Waals surface area contributed by atoms with E-state index in [4.69, 9.17) is 16.0 Å². The van der Waals surface area contributed by atoms with Gasteiger partial charge < -0.3 is 4.43 Å². The van der Waals surface area contributed by atoms with E-state index in [-0.39, 0.29) is 0 Å². The molecule has 0 aliphatic carbocycles. The number of benzene rings is 1. The molecule has 1 aromatic rings. The summed E-state index contributed by atoms with van der Waals surface area (Å²) in [6.07, 6.45) is 0. The molecule has 0 aliphatic rings. The van der Waals surface area contributed by atoms with Gasteiger partial charge in [0.1, 0.15) is 0 Å². The van der Waals surface area contributed by atoms with E-state index in [9.17, 15) is 0 Å². The minimum Gasteiger partial charge on any atom is -0.413 e. The second-order valence-electron chi connectivity index (χ2n) is 4.91. The maximum Gasteiger partial charge on any atom is 0.230 e. The van der Waals surface area contributed by atoms with Crippen LogP contribution < -0.4 is 0 Å². The summed E-state index contributed by atoms with van der Waals surface area (Å²) < 4.78 is 6.69. The van der Waals surface area contributed by atoms with Crippen LogP contribution in [-0.2, 0) is 11.0 Å². The highest BCUT2D eigenvalue weighted by Gasteiger charge is 2.11. The Bertz CT molecular complexity index is 349. The zero-order valence-electron chi connectivity index (χ0n) is 9.81. The van der Waals surface area contributed by atoms with Crippen LogP contribution >= 0.6 is 27.5 Å². The Labute approximate surface area is 114 Å². The molecule has 0 atom stereocenters. The Morgan fingerprint density at radius 3 is 2.69 bits per heavy atom. The van der Waals surface area contributed by atoms with Crippen LogP contribution in [0.25, 0.3) is 0 Å². The minimum atomic E-state index is 0.333. The van der Waals surface area contributed by atoms with Crippen molar-refractivity contribution >= 4 is 37.3 Å². The van der Waals surface area contributed by atoms with Crippen LogP contribution in [0.4, 0.5) is 0 Å². The minimum absolute atomic E-state index is 0.333. The van der Waals surface area contributed by atoms with Crippen molar-refractivity contribution in [1.29, 1.82) is 0 Å². The zero-order chi connectivity index (χ0) is 12.2. The topological polar surface area (TPSA) is 9.23 Å². The third-order valence-electron chi connectivity index (χ3n) is 1.94. The van der Waals surface area contributed by atoms with Crippen molar-refractivity contribution in [2.45, 2.75) is 33.4 Å². The van der Waals surface area contributed by atoms with Crippen LogP contribution in [0.5, 0.6) is 0 Å². The van der Waals surface area contributed by atoms with Gasteiger partial charge in [0, 0.05) is 9.50 Å². The van der Waals surface area contributed by atoms with Crippen molar-refractivity contribution in [3.8, 4) is 0 Å². The summed E-state index contributed by atoms with van der Waals surface area (Å²) in [6, 6.07) is 6.91. The van der Waals surface area contributed by atoms with E-state index in [1.54, 1.807) is 0 Å². The Morgan fingerprint density at radius 2 is 2.06 bits per heavy atom. The molecule has 0 bridgehead atoms. The van der Waals surface area contributed by atoms with Gasteiger partial charge in [0.15, 0.2) is 0 Å². The maximum absolute atomic E-state index is 6.07. The third-order valence-corrected chi connectivity index (χ3v) is 4.36. The van der Waals surface area contributed by atoms with Crippen molar-refractivity contribution in [3.05, 3.63) is 33.3 Å². The van der Waals surface area contributed by atoms with Crippen molar-refractivity contribution in [2.75, 3.05) is 0 Å². The highest BCUT2D eigenvalue weighted by Crippen LogP contribution is 2.22. The summed E-state index contributed by atoms with van der Waals surface area (Å²) in [5, 5.41) is 0.767. The third kappa shape index (κ3) is 5.48. The van der Waals surface area contributed by atoms with Crippen LogP contribution in [0.3, 0.4) is 0 Å². The SMILES string of the molecule is CC(C)(C)C[Si]OCc1cc(Br)ccc1Cl. The van der Waals surface area contributed by atoms with Gasteiger partial charge in [-0.15, -0.1) is 0 Å². The van der Waals surface area contributed by atoms with Gasteiger partial charge in [0.05, 0.1) is 6.61 Å². The Kier molecular flexibility index (Phi) is 5.51. The van der Waals surface area contributed by atoms with Crippen LogP contribution in [0.1, 0.15) is 26.3 Å². The molecular formula is C12H16BrClOSi. The standard InChI is InChI=1S/C12H16BrClOSi/c1-12(2,3)8-16-15-7-9-6-10(13)4-5-11(9)14/h4-6H,7-8H2,1-3H3. The van der Waals surface area contributed by atoms with Gasteiger partial charge >= 0.3 is 0 Å². The van der Waals surface area contributed by atoms with E-state index >= 15 is 0 Å². The quantitative estimate of drug-likeness (QED) is 0.577. The molecule has 0 N–H and O–H groups in total. The summed E-state index contributed by atoms with van der Waals surface area (Å²) >= 11 is 9.49. The fourth-order valence-electron chi connectivity index (χ4n) is 1.05. The zero-order valence-corrected chi connectivity index (χ0v) is 13.2. The molecule has 0 amide bonds. The summed E-state index contributed by atoms with van der Waals surface area (Å²) in [5.41, 5.74) is 1.37. The van der Waals surface area contributed by atoms with Crippen molar-refractivity contribution in [2.24, 2.45) is 5.41 Å². The fraction of sp³-hybridized carbons (Fsp3) is 0.500. The Balaban J connectivity index is 2.40. The lowest BCUT2D eigenvalue weighted by molar-refractivity contribution is 0.311. The van der Waals surface area contributed by atoms with Crippen molar-refractivity contribution in [1.82, 2.24) is 0 Å². The van der Waals surface area contributed by atoms with Crippen LogP contribution in [-0.4, -0.2) is 9.76 Å². The molecule has 4 heteroatoms. The van der Waals surface area contributed by atoms with E-state index in [0.29, 0.717) is 21.8 Å². The molecule has 0 fully saturated rings. The summed E-state index contributed by atoms with van der Waals surface area (Å²) in [5.74, 6) is 0. The van der Waals surface area contributed by atoms with E-state index in [1.807, 2.05) is 18.2 Å². The summed E-state index contributed by atoms with van der Waals surface area (Å²) in [6.45, 7) is 7.24.